The van der Waals surface area contributed by atoms with Gasteiger partial charge in [0, 0.05) is 16.6 Å². The molecule has 2 nitrogen and oxygen atoms in total. The lowest BCUT2D eigenvalue weighted by atomic mass is 10.0. The molecule has 1 aliphatic rings. The lowest BCUT2D eigenvalue weighted by Gasteiger charge is -2.34. The first-order valence-corrected chi connectivity index (χ1v) is 8.72. The molecule has 3 heteroatoms. The molecule has 1 aliphatic heterocycles. The van der Waals surface area contributed by atoms with Gasteiger partial charge in [-0.1, -0.05) is 41.4 Å². The van der Waals surface area contributed by atoms with E-state index in [4.69, 9.17) is 0 Å². The normalized spacial score (nSPS) is 19.1. The Kier molecular flexibility index (Phi) is 6.53. The molecule has 1 heterocycles. The van der Waals surface area contributed by atoms with E-state index in [9.17, 15) is 0 Å². The highest BCUT2D eigenvalue weighted by Gasteiger charge is 2.20. The third-order valence-electron chi connectivity index (χ3n) is 4.25. The second kappa shape index (κ2) is 8.16. The summed E-state index contributed by atoms with van der Waals surface area (Å²) < 4.78 is 1.16. The highest BCUT2D eigenvalue weighted by atomic mass is 79.9. The van der Waals surface area contributed by atoms with Crippen LogP contribution in [0.2, 0.25) is 0 Å². The molecule has 0 amide bonds. The zero-order valence-electron chi connectivity index (χ0n) is 12.7. The SMILES string of the molecule is CCCCN1CCC(NC(C)c2cccc(Br)c2)CC1. The van der Waals surface area contributed by atoms with Crippen molar-refractivity contribution in [2.24, 2.45) is 0 Å². The first-order chi connectivity index (χ1) is 9.69. The zero-order chi connectivity index (χ0) is 14.4. The highest BCUT2D eigenvalue weighted by Crippen LogP contribution is 2.20. The van der Waals surface area contributed by atoms with Gasteiger partial charge >= 0.3 is 0 Å². The third-order valence-corrected chi connectivity index (χ3v) is 4.74. The Bertz CT molecular complexity index is 400. The van der Waals surface area contributed by atoms with Gasteiger partial charge in [-0.15, -0.1) is 0 Å². The number of likely N-dealkylation sites (tertiary alicyclic amines) is 1. The molecule has 1 N–H and O–H groups in total. The van der Waals surface area contributed by atoms with Crippen molar-refractivity contribution in [1.82, 2.24) is 10.2 Å². The number of rotatable bonds is 6. The van der Waals surface area contributed by atoms with E-state index in [0.717, 1.165) is 4.47 Å². The van der Waals surface area contributed by atoms with Gasteiger partial charge in [-0.05, 0) is 63.5 Å². The smallest absolute Gasteiger partial charge is 0.0294 e. The van der Waals surface area contributed by atoms with Gasteiger partial charge in [0.15, 0.2) is 0 Å². The summed E-state index contributed by atoms with van der Waals surface area (Å²) in [7, 11) is 0. The van der Waals surface area contributed by atoms with Crippen LogP contribution in [0.4, 0.5) is 0 Å². The minimum atomic E-state index is 0.430. The van der Waals surface area contributed by atoms with E-state index in [0.29, 0.717) is 12.1 Å². The van der Waals surface area contributed by atoms with Crippen LogP contribution in [0.25, 0.3) is 0 Å². The van der Waals surface area contributed by atoms with Crippen molar-refractivity contribution in [3.63, 3.8) is 0 Å². The van der Waals surface area contributed by atoms with Crippen LogP contribution in [0.1, 0.15) is 51.1 Å². The number of halogens is 1. The first kappa shape index (κ1) is 16.0. The predicted octanol–water partition coefficient (Wildman–Crippen LogP) is 4.36. The molecule has 112 valence electrons. The minimum absolute atomic E-state index is 0.430. The quantitative estimate of drug-likeness (QED) is 0.828. The van der Waals surface area contributed by atoms with Gasteiger partial charge in [-0.2, -0.15) is 0 Å². The second-order valence-corrected chi connectivity index (χ2v) is 6.83. The van der Waals surface area contributed by atoms with Crippen LogP contribution in [-0.2, 0) is 0 Å². The number of nitrogens with zero attached hydrogens (tertiary/aromatic N) is 1. The molecule has 1 fully saturated rings. The largest absolute Gasteiger partial charge is 0.307 e. The van der Waals surface area contributed by atoms with Gasteiger partial charge < -0.3 is 10.2 Å². The number of piperidine rings is 1. The predicted molar refractivity (Wildman–Crippen MR) is 90.1 cm³/mol. The van der Waals surface area contributed by atoms with E-state index in [-0.39, 0.29) is 0 Å². The maximum absolute atomic E-state index is 3.79. The molecule has 0 spiro atoms. The summed E-state index contributed by atoms with van der Waals surface area (Å²) in [5, 5.41) is 3.79. The van der Waals surface area contributed by atoms with Crippen molar-refractivity contribution < 1.29 is 0 Å². The van der Waals surface area contributed by atoms with Crippen molar-refractivity contribution >= 4 is 15.9 Å². The summed E-state index contributed by atoms with van der Waals surface area (Å²) in [6, 6.07) is 9.72. The van der Waals surface area contributed by atoms with E-state index in [2.05, 4.69) is 64.3 Å². The van der Waals surface area contributed by atoms with Crippen LogP contribution >= 0.6 is 15.9 Å². The molecule has 1 unspecified atom stereocenters. The van der Waals surface area contributed by atoms with Crippen LogP contribution in [0.5, 0.6) is 0 Å². The van der Waals surface area contributed by atoms with Crippen molar-refractivity contribution in [2.75, 3.05) is 19.6 Å². The fraction of sp³-hybridized carbons (Fsp3) is 0.647. The van der Waals surface area contributed by atoms with Crippen molar-refractivity contribution in [1.29, 1.82) is 0 Å². The Hall–Kier alpha value is -0.380. The molecule has 1 atom stereocenters. The third kappa shape index (κ3) is 4.87. The average Bonchev–Trinajstić information content (AvgIpc) is 2.46. The number of hydrogen-bond acceptors (Lipinski definition) is 2. The van der Waals surface area contributed by atoms with Gasteiger partial charge in [0.05, 0.1) is 0 Å². The van der Waals surface area contributed by atoms with Gasteiger partial charge in [-0.25, -0.2) is 0 Å². The number of nitrogens with one attached hydrogen (secondary N) is 1. The Morgan fingerprint density at radius 3 is 2.75 bits per heavy atom. The van der Waals surface area contributed by atoms with Gasteiger partial charge in [0.25, 0.3) is 0 Å². The molecule has 1 aromatic rings. The Morgan fingerprint density at radius 1 is 1.35 bits per heavy atom. The van der Waals surface area contributed by atoms with Crippen LogP contribution in [0.3, 0.4) is 0 Å². The molecule has 0 radical (unpaired) electrons. The molecule has 20 heavy (non-hydrogen) atoms. The molecule has 0 bridgehead atoms. The van der Waals surface area contributed by atoms with E-state index < -0.39 is 0 Å². The lowest BCUT2D eigenvalue weighted by molar-refractivity contribution is 0.190. The lowest BCUT2D eigenvalue weighted by Crippen LogP contribution is -2.43. The maximum atomic E-state index is 3.79. The summed E-state index contributed by atoms with van der Waals surface area (Å²) in [5.74, 6) is 0. The average molecular weight is 339 g/mol. The Balaban J connectivity index is 1.77. The fourth-order valence-electron chi connectivity index (χ4n) is 2.93. The minimum Gasteiger partial charge on any atom is -0.307 e. The monoisotopic (exact) mass is 338 g/mol. The maximum Gasteiger partial charge on any atom is 0.0294 e. The van der Waals surface area contributed by atoms with Gasteiger partial charge in [0.1, 0.15) is 0 Å². The number of hydrogen-bond donors (Lipinski definition) is 1. The molecule has 0 aromatic heterocycles. The van der Waals surface area contributed by atoms with Gasteiger partial charge in [-0.3, -0.25) is 0 Å². The van der Waals surface area contributed by atoms with Crippen molar-refractivity contribution in [2.45, 2.75) is 51.6 Å². The number of benzene rings is 1. The summed E-state index contributed by atoms with van der Waals surface area (Å²) in [4.78, 5) is 2.62. The van der Waals surface area contributed by atoms with Crippen molar-refractivity contribution in [3.8, 4) is 0 Å². The van der Waals surface area contributed by atoms with Gasteiger partial charge in [0.2, 0.25) is 0 Å². The second-order valence-electron chi connectivity index (χ2n) is 5.91. The zero-order valence-corrected chi connectivity index (χ0v) is 14.3. The van der Waals surface area contributed by atoms with E-state index in [1.54, 1.807) is 0 Å². The van der Waals surface area contributed by atoms with Crippen LogP contribution in [0.15, 0.2) is 28.7 Å². The fourth-order valence-corrected chi connectivity index (χ4v) is 3.35. The molecule has 0 aliphatic carbocycles. The summed E-state index contributed by atoms with van der Waals surface area (Å²) in [6.07, 6.45) is 5.20. The van der Waals surface area contributed by atoms with E-state index in [1.165, 1.54) is 50.9 Å². The van der Waals surface area contributed by atoms with Crippen molar-refractivity contribution in [3.05, 3.63) is 34.3 Å². The molecule has 1 saturated heterocycles. The molecular weight excluding hydrogens is 312 g/mol. The molecular formula is C17H27BrN2. The van der Waals surface area contributed by atoms with Crippen LogP contribution in [-0.4, -0.2) is 30.6 Å². The highest BCUT2D eigenvalue weighted by molar-refractivity contribution is 9.10. The molecule has 1 aromatic carbocycles. The molecule has 0 saturated carbocycles. The van der Waals surface area contributed by atoms with E-state index >= 15 is 0 Å². The topological polar surface area (TPSA) is 15.3 Å². The standard InChI is InChI=1S/C17H27BrN2/c1-3-4-10-20-11-8-17(9-12-20)19-14(2)15-6-5-7-16(18)13-15/h5-7,13-14,17,19H,3-4,8-12H2,1-2H3. The summed E-state index contributed by atoms with van der Waals surface area (Å²) in [5.41, 5.74) is 1.37. The van der Waals surface area contributed by atoms with Crippen LogP contribution < -0.4 is 5.32 Å². The number of unbranched alkanes of at least 4 members (excludes halogenated alkanes) is 1. The first-order valence-electron chi connectivity index (χ1n) is 7.93. The van der Waals surface area contributed by atoms with Crippen LogP contribution in [0, 0.1) is 0 Å². The Morgan fingerprint density at radius 2 is 2.10 bits per heavy atom. The Labute approximate surface area is 132 Å². The summed E-state index contributed by atoms with van der Waals surface area (Å²) >= 11 is 3.55. The molecule has 2 rings (SSSR count). The van der Waals surface area contributed by atoms with E-state index in [1.807, 2.05) is 0 Å². The summed E-state index contributed by atoms with van der Waals surface area (Å²) in [6.45, 7) is 8.33.